The van der Waals surface area contributed by atoms with Crippen molar-refractivity contribution in [2.24, 2.45) is 5.92 Å². The van der Waals surface area contributed by atoms with Crippen LogP contribution in [0.15, 0.2) is 18.2 Å². The Balaban J connectivity index is 1.62. The van der Waals surface area contributed by atoms with Crippen molar-refractivity contribution < 1.29 is 13.9 Å². The summed E-state index contributed by atoms with van der Waals surface area (Å²) in [5.74, 6) is -1.04. The van der Waals surface area contributed by atoms with Gasteiger partial charge in [0.05, 0.1) is 0 Å². The minimum Gasteiger partial charge on any atom is -0.396 e. The van der Waals surface area contributed by atoms with Crippen LogP contribution in [0.2, 0.25) is 0 Å². The van der Waals surface area contributed by atoms with Crippen LogP contribution in [0.5, 0.6) is 0 Å². The van der Waals surface area contributed by atoms with E-state index in [-0.39, 0.29) is 6.61 Å². The Labute approximate surface area is 155 Å². The summed E-state index contributed by atoms with van der Waals surface area (Å²) in [6.45, 7) is 7.27. The molecule has 2 heterocycles. The zero-order chi connectivity index (χ0) is 18.5. The quantitative estimate of drug-likeness (QED) is 0.835. The molecule has 0 amide bonds. The molecule has 0 aromatic heterocycles. The van der Waals surface area contributed by atoms with Gasteiger partial charge in [-0.2, -0.15) is 0 Å². The van der Waals surface area contributed by atoms with Crippen molar-refractivity contribution in [1.29, 1.82) is 0 Å². The van der Waals surface area contributed by atoms with Gasteiger partial charge >= 0.3 is 0 Å². The van der Waals surface area contributed by atoms with Gasteiger partial charge in [-0.1, -0.05) is 6.07 Å². The number of nitrogens with zero attached hydrogens (tertiary/aromatic N) is 3. The first-order valence-corrected chi connectivity index (χ1v) is 9.76. The van der Waals surface area contributed by atoms with E-state index in [0.29, 0.717) is 18.5 Å². The largest absolute Gasteiger partial charge is 0.396 e. The summed E-state index contributed by atoms with van der Waals surface area (Å²) >= 11 is 0. The molecule has 0 unspecified atom stereocenters. The summed E-state index contributed by atoms with van der Waals surface area (Å²) in [4.78, 5) is 7.34. The van der Waals surface area contributed by atoms with E-state index >= 15 is 0 Å². The van der Waals surface area contributed by atoms with E-state index in [1.54, 1.807) is 6.07 Å². The van der Waals surface area contributed by atoms with Gasteiger partial charge in [0, 0.05) is 51.9 Å². The van der Waals surface area contributed by atoms with Gasteiger partial charge in [0.2, 0.25) is 0 Å². The first kappa shape index (κ1) is 19.7. The average molecular weight is 367 g/mol. The molecule has 1 N–H and O–H groups in total. The lowest BCUT2D eigenvalue weighted by atomic mass is 9.86. The fraction of sp³-hybridized carbons (Fsp3) is 0.700. The number of benzene rings is 1. The van der Waals surface area contributed by atoms with E-state index in [9.17, 15) is 13.9 Å². The number of likely N-dealkylation sites (tertiary alicyclic amines) is 1. The summed E-state index contributed by atoms with van der Waals surface area (Å²) < 4.78 is 26.6. The normalized spacial score (nSPS) is 26.3. The number of halogens is 2. The second-order valence-corrected chi connectivity index (χ2v) is 7.80. The molecule has 0 spiro atoms. The smallest absolute Gasteiger partial charge is 0.159 e. The Hall–Kier alpha value is -1.08. The van der Waals surface area contributed by atoms with Crippen molar-refractivity contribution in [2.45, 2.75) is 31.8 Å². The third-order valence-corrected chi connectivity index (χ3v) is 5.91. The lowest BCUT2D eigenvalue weighted by Gasteiger charge is -2.46. The first-order chi connectivity index (χ1) is 12.6. The monoisotopic (exact) mass is 367 g/mol. The molecule has 0 radical (unpaired) electrons. The highest BCUT2D eigenvalue weighted by molar-refractivity contribution is 5.17. The van der Waals surface area contributed by atoms with E-state index in [1.165, 1.54) is 12.1 Å². The lowest BCUT2D eigenvalue weighted by Crippen LogP contribution is -2.56. The molecule has 6 heteroatoms. The molecular formula is C20H31F2N3O. The number of hydrogen-bond acceptors (Lipinski definition) is 4. The second-order valence-electron chi connectivity index (χ2n) is 7.80. The Morgan fingerprint density at radius 1 is 1.08 bits per heavy atom. The molecule has 1 aromatic carbocycles. The minimum atomic E-state index is -0.789. The highest BCUT2D eigenvalue weighted by Gasteiger charge is 2.34. The maximum absolute atomic E-state index is 13.5. The van der Waals surface area contributed by atoms with Crippen LogP contribution in [0.4, 0.5) is 8.78 Å². The topological polar surface area (TPSA) is 30.0 Å². The van der Waals surface area contributed by atoms with Crippen LogP contribution in [0.1, 0.15) is 24.8 Å². The Bertz CT molecular complexity index is 578. The van der Waals surface area contributed by atoms with E-state index in [1.807, 2.05) is 0 Å². The summed E-state index contributed by atoms with van der Waals surface area (Å²) in [6.07, 6.45) is 2.94. The maximum atomic E-state index is 13.5. The zero-order valence-electron chi connectivity index (χ0n) is 15.7. The minimum absolute atomic E-state index is 0.231. The third-order valence-electron chi connectivity index (χ3n) is 5.91. The van der Waals surface area contributed by atoms with E-state index in [4.69, 9.17) is 0 Å². The molecule has 0 bridgehead atoms. The van der Waals surface area contributed by atoms with Gasteiger partial charge in [-0.25, -0.2) is 8.78 Å². The number of rotatable bonds is 6. The number of hydrogen-bond donors (Lipinski definition) is 1. The molecule has 2 aliphatic heterocycles. The van der Waals surface area contributed by atoms with Crippen LogP contribution in [0.25, 0.3) is 0 Å². The number of piperidine rings is 1. The van der Waals surface area contributed by atoms with Crippen molar-refractivity contribution in [3.05, 3.63) is 35.4 Å². The van der Waals surface area contributed by atoms with Gasteiger partial charge in [0.15, 0.2) is 11.6 Å². The van der Waals surface area contributed by atoms with Crippen molar-refractivity contribution in [3.63, 3.8) is 0 Å². The van der Waals surface area contributed by atoms with Crippen LogP contribution in [0, 0.1) is 17.6 Å². The number of piperazine rings is 1. The highest BCUT2D eigenvalue weighted by Crippen LogP contribution is 2.28. The Morgan fingerprint density at radius 2 is 1.85 bits per heavy atom. The van der Waals surface area contributed by atoms with Crippen LogP contribution < -0.4 is 0 Å². The summed E-state index contributed by atoms with van der Waals surface area (Å²) in [5.41, 5.74) is 0.822. The average Bonchev–Trinajstić information content (AvgIpc) is 2.64. The van der Waals surface area contributed by atoms with Crippen LogP contribution in [-0.4, -0.2) is 78.8 Å². The highest BCUT2D eigenvalue weighted by atomic mass is 19.2. The molecule has 2 atom stereocenters. The zero-order valence-corrected chi connectivity index (χ0v) is 15.7. The van der Waals surface area contributed by atoms with E-state index in [0.717, 1.165) is 64.1 Å². The fourth-order valence-corrected chi connectivity index (χ4v) is 4.41. The van der Waals surface area contributed by atoms with Crippen molar-refractivity contribution in [2.75, 3.05) is 52.9 Å². The van der Waals surface area contributed by atoms with Gasteiger partial charge in [-0.3, -0.25) is 9.80 Å². The number of likely N-dealkylation sites (N-methyl/N-ethyl adjacent to an activating group) is 1. The Kier molecular flexibility index (Phi) is 6.98. The van der Waals surface area contributed by atoms with Crippen LogP contribution in [-0.2, 0) is 6.54 Å². The molecular weight excluding hydrogens is 336 g/mol. The molecule has 0 saturated carbocycles. The molecule has 2 aliphatic rings. The summed E-state index contributed by atoms with van der Waals surface area (Å²) in [6, 6.07) is 4.76. The molecule has 26 heavy (non-hydrogen) atoms. The Morgan fingerprint density at radius 3 is 2.54 bits per heavy atom. The summed E-state index contributed by atoms with van der Waals surface area (Å²) in [7, 11) is 2.17. The molecule has 2 saturated heterocycles. The SMILES string of the molecule is CN1CCN([C@H]2CCN(Cc3ccc(F)c(F)c3)C[C@H]2CCCO)CC1. The number of aliphatic hydroxyl groups excluding tert-OH is 1. The number of aliphatic hydroxyl groups is 1. The standard InChI is InChI=1S/C20H31F2N3O/c1-23-8-10-25(11-9-23)20-6-7-24(15-17(20)3-2-12-26)14-16-4-5-18(21)19(22)13-16/h4-5,13,17,20,26H,2-3,6-12,14-15H2,1H3/t17-,20+/m1/s1. The third kappa shape index (κ3) is 5.00. The molecule has 4 nitrogen and oxygen atoms in total. The van der Waals surface area contributed by atoms with Crippen molar-refractivity contribution in [1.82, 2.24) is 14.7 Å². The molecule has 2 fully saturated rings. The van der Waals surface area contributed by atoms with Crippen LogP contribution >= 0.6 is 0 Å². The van der Waals surface area contributed by atoms with Gasteiger partial charge in [0.1, 0.15) is 0 Å². The predicted octanol–water partition coefficient (Wildman–Crippen LogP) is 2.18. The van der Waals surface area contributed by atoms with Gasteiger partial charge in [-0.05, 0) is 56.5 Å². The maximum Gasteiger partial charge on any atom is 0.159 e. The summed E-state index contributed by atoms with van der Waals surface area (Å²) in [5, 5.41) is 9.27. The van der Waals surface area contributed by atoms with Gasteiger partial charge in [0.25, 0.3) is 0 Å². The van der Waals surface area contributed by atoms with Crippen LogP contribution in [0.3, 0.4) is 0 Å². The molecule has 146 valence electrons. The molecule has 1 aromatic rings. The van der Waals surface area contributed by atoms with Gasteiger partial charge < -0.3 is 10.0 Å². The molecule has 0 aliphatic carbocycles. The van der Waals surface area contributed by atoms with Crippen molar-refractivity contribution >= 4 is 0 Å². The molecule has 3 rings (SSSR count). The lowest BCUT2D eigenvalue weighted by molar-refractivity contribution is 0.0211. The second kappa shape index (κ2) is 9.22. The van der Waals surface area contributed by atoms with E-state index < -0.39 is 11.6 Å². The van der Waals surface area contributed by atoms with Crippen molar-refractivity contribution in [3.8, 4) is 0 Å². The fourth-order valence-electron chi connectivity index (χ4n) is 4.41. The first-order valence-electron chi connectivity index (χ1n) is 9.76. The van der Waals surface area contributed by atoms with Gasteiger partial charge in [-0.15, -0.1) is 0 Å². The predicted molar refractivity (Wildman–Crippen MR) is 98.9 cm³/mol. The van der Waals surface area contributed by atoms with E-state index in [2.05, 4.69) is 21.7 Å².